The molecule has 0 atom stereocenters. The van der Waals surface area contributed by atoms with Crippen molar-refractivity contribution in [2.45, 2.75) is 58.7 Å². The van der Waals surface area contributed by atoms with Crippen LogP contribution in [0.1, 0.15) is 46.6 Å². The lowest BCUT2D eigenvalue weighted by molar-refractivity contribution is 0.0552. The van der Waals surface area contributed by atoms with E-state index in [2.05, 4.69) is 48.1 Å². The number of benzene rings is 1. The van der Waals surface area contributed by atoms with Gasteiger partial charge in [0.05, 0.1) is 12.2 Å². The molecule has 0 fully saturated rings. The van der Waals surface area contributed by atoms with Crippen LogP contribution in [0.25, 0.3) is 0 Å². The molecule has 0 radical (unpaired) electrons. The van der Waals surface area contributed by atoms with Crippen molar-refractivity contribution in [2.75, 3.05) is 6.61 Å². The molecule has 0 amide bonds. The first-order valence-corrected chi connectivity index (χ1v) is 7.75. The van der Waals surface area contributed by atoms with Gasteiger partial charge >= 0.3 is 0 Å². The van der Waals surface area contributed by atoms with Crippen LogP contribution in [0.3, 0.4) is 0 Å². The summed E-state index contributed by atoms with van der Waals surface area (Å²) in [7, 11) is 0. The van der Waals surface area contributed by atoms with Crippen molar-refractivity contribution < 1.29 is 9.84 Å². The van der Waals surface area contributed by atoms with Gasteiger partial charge < -0.3 is 15.2 Å². The van der Waals surface area contributed by atoms with Crippen molar-refractivity contribution in [1.82, 2.24) is 5.32 Å². The molecule has 4 heteroatoms. The van der Waals surface area contributed by atoms with E-state index in [1.807, 2.05) is 12.1 Å². The number of aliphatic hydroxyl groups is 1. The summed E-state index contributed by atoms with van der Waals surface area (Å²) in [6.45, 7) is 11.3. The van der Waals surface area contributed by atoms with Crippen molar-refractivity contribution in [2.24, 2.45) is 0 Å². The predicted molar refractivity (Wildman–Crippen MR) is 87.1 cm³/mol. The van der Waals surface area contributed by atoms with Gasteiger partial charge in [-0.05, 0) is 52.8 Å². The van der Waals surface area contributed by atoms with Gasteiger partial charge in [0.25, 0.3) is 0 Å². The first-order chi connectivity index (χ1) is 9.07. The van der Waals surface area contributed by atoms with E-state index in [9.17, 15) is 5.11 Å². The highest BCUT2D eigenvalue weighted by molar-refractivity contribution is 9.10. The second kappa shape index (κ2) is 6.92. The molecule has 0 bridgehead atoms. The lowest BCUT2D eigenvalue weighted by atomic mass is 10.1. The van der Waals surface area contributed by atoms with E-state index in [-0.39, 0.29) is 5.54 Å². The average Bonchev–Trinajstić information content (AvgIpc) is 2.26. The zero-order valence-corrected chi connectivity index (χ0v) is 14.7. The highest BCUT2D eigenvalue weighted by Crippen LogP contribution is 2.24. The normalized spacial score (nSPS) is 12.6. The average molecular weight is 344 g/mol. The fourth-order valence-electron chi connectivity index (χ4n) is 1.60. The van der Waals surface area contributed by atoms with E-state index >= 15 is 0 Å². The summed E-state index contributed by atoms with van der Waals surface area (Å²) in [5.74, 6) is 0.870. The fourth-order valence-corrected chi connectivity index (χ4v) is 2.01. The molecule has 0 aliphatic rings. The maximum absolute atomic E-state index is 9.72. The van der Waals surface area contributed by atoms with E-state index in [1.54, 1.807) is 13.8 Å². The molecule has 0 unspecified atom stereocenters. The fraction of sp³-hybridized carbons (Fsp3) is 0.625. The minimum Gasteiger partial charge on any atom is -0.493 e. The molecule has 0 spiro atoms. The second-order valence-corrected chi connectivity index (χ2v) is 7.68. The molecular weight excluding hydrogens is 318 g/mol. The summed E-state index contributed by atoms with van der Waals surface area (Å²) in [6, 6.07) is 6.01. The summed E-state index contributed by atoms with van der Waals surface area (Å²) in [6.07, 6.45) is 0.606. The van der Waals surface area contributed by atoms with Crippen molar-refractivity contribution in [1.29, 1.82) is 0 Å². The molecule has 0 aliphatic carbocycles. The van der Waals surface area contributed by atoms with E-state index in [4.69, 9.17) is 4.74 Å². The smallest absolute Gasteiger partial charge is 0.123 e. The van der Waals surface area contributed by atoms with Crippen LogP contribution in [-0.4, -0.2) is 22.9 Å². The molecule has 0 saturated heterocycles. The number of ether oxygens (including phenoxy) is 1. The Morgan fingerprint density at radius 2 is 1.85 bits per heavy atom. The van der Waals surface area contributed by atoms with Crippen LogP contribution in [0.5, 0.6) is 5.75 Å². The Balaban J connectivity index is 2.70. The van der Waals surface area contributed by atoms with E-state index < -0.39 is 5.60 Å². The van der Waals surface area contributed by atoms with Crippen LogP contribution in [0, 0.1) is 0 Å². The molecule has 0 aliphatic heterocycles. The van der Waals surface area contributed by atoms with E-state index in [0.29, 0.717) is 13.0 Å². The van der Waals surface area contributed by atoms with Crippen LogP contribution in [0.15, 0.2) is 22.7 Å². The van der Waals surface area contributed by atoms with Crippen LogP contribution in [-0.2, 0) is 6.54 Å². The molecular formula is C16H26BrNO2. The number of rotatable bonds is 6. The molecule has 20 heavy (non-hydrogen) atoms. The Morgan fingerprint density at radius 1 is 1.20 bits per heavy atom. The summed E-state index contributed by atoms with van der Waals surface area (Å²) >= 11 is 3.49. The third-order valence-electron chi connectivity index (χ3n) is 2.80. The van der Waals surface area contributed by atoms with Gasteiger partial charge in [-0.25, -0.2) is 0 Å². The number of hydrogen-bond acceptors (Lipinski definition) is 3. The summed E-state index contributed by atoms with van der Waals surface area (Å²) in [5, 5.41) is 13.2. The molecule has 0 aromatic heterocycles. The largest absolute Gasteiger partial charge is 0.493 e. The van der Waals surface area contributed by atoms with Crippen LogP contribution >= 0.6 is 15.9 Å². The maximum Gasteiger partial charge on any atom is 0.123 e. The lowest BCUT2D eigenvalue weighted by Gasteiger charge is -2.22. The Kier molecular flexibility index (Phi) is 6.05. The zero-order valence-electron chi connectivity index (χ0n) is 13.1. The minimum atomic E-state index is -0.695. The third kappa shape index (κ3) is 7.27. The predicted octanol–water partition coefficient (Wildman–Crippen LogP) is 3.88. The molecule has 0 saturated carbocycles. The SMILES string of the molecule is CC(C)(O)CCOc1ccc(Br)cc1CNC(C)(C)C. The number of hydrogen-bond donors (Lipinski definition) is 2. The van der Waals surface area contributed by atoms with Crippen molar-refractivity contribution in [3.63, 3.8) is 0 Å². The summed E-state index contributed by atoms with van der Waals surface area (Å²) in [5.41, 5.74) is 0.483. The molecule has 114 valence electrons. The molecule has 2 N–H and O–H groups in total. The van der Waals surface area contributed by atoms with Gasteiger partial charge in [0.15, 0.2) is 0 Å². The van der Waals surface area contributed by atoms with Gasteiger partial charge in [0, 0.05) is 28.5 Å². The monoisotopic (exact) mass is 343 g/mol. The minimum absolute atomic E-state index is 0.0622. The summed E-state index contributed by atoms with van der Waals surface area (Å²) in [4.78, 5) is 0. The quantitative estimate of drug-likeness (QED) is 0.823. The third-order valence-corrected chi connectivity index (χ3v) is 3.30. The van der Waals surface area contributed by atoms with Gasteiger partial charge in [0.2, 0.25) is 0 Å². The first kappa shape index (κ1) is 17.5. The topological polar surface area (TPSA) is 41.5 Å². The lowest BCUT2D eigenvalue weighted by Crippen LogP contribution is -2.35. The van der Waals surface area contributed by atoms with Crippen molar-refractivity contribution in [3.05, 3.63) is 28.2 Å². The van der Waals surface area contributed by atoms with E-state index in [0.717, 1.165) is 22.3 Å². The van der Waals surface area contributed by atoms with Gasteiger partial charge in [-0.15, -0.1) is 0 Å². The van der Waals surface area contributed by atoms with Gasteiger partial charge in [-0.3, -0.25) is 0 Å². The highest BCUT2D eigenvalue weighted by Gasteiger charge is 2.14. The van der Waals surface area contributed by atoms with Crippen LogP contribution in [0.2, 0.25) is 0 Å². The highest BCUT2D eigenvalue weighted by atomic mass is 79.9. The Hall–Kier alpha value is -0.580. The van der Waals surface area contributed by atoms with Gasteiger partial charge in [-0.1, -0.05) is 15.9 Å². The number of halogens is 1. The maximum atomic E-state index is 9.72. The van der Waals surface area contributed by atoms with Crippen LogP contribution < -0.4 is 10.1 Å². The van der Waals surface area contributed by atoms with E-state index in [1.165, 1.54) is 0 Å². The Morgan fingerprint density at radius 3 is 2.40 bits per heavy atom. The zero-order chi connectivity index (χ0) is 15.4. The van der Waals surface area contributed by atoms with Gasteiger partial charge in [0.1, 0.15) is 5.75 Å². The number of nitrogens with one attached hydrogen (secondary N) is 1. The van der Waals surface area contributed by atoms with Gasteiger partial charge in [-0.2, -0.15) is 0 Å². The Bertz CT molecular complexity index is 433. The molecule has 1 aromatic carbocycles. The molecule has 0 heterocycles. The first-order valence-electron chi connectivity index (χ1n) is 6.95. The van der Waals surface area contributed by atoms with Crippen molar-refractivity contribution in [3.8, 4) is 5.75 Å². The summed E-state index contributed by atoms with van der Waals surface area (Å²) < 4.78 is 6.85. The van der Waals surface area contributed by atoms with Crippen LogP contribution in [0.4, 0.5) is 0 Å². The molecule has 3 nitrogen and oxygen atoms in total. The molecule has 1 aromatic rings. The Labute approximate surface area is 130 Å². The second-order valence-electron chi connectivity index (χ2n) is 6.77. The standard InChI is InChI=1S/C16H26BrNO2/c1-15(2,3)18-11-12-10-13(17)6-7-14(12)20-9-8-16(4,5)19/h6-7,10,18-19H,8-9,11H2,1-5H3. The molecule has 1 rings (SSSR count). The van der Waals surface area contributed by atoms with Crippen molar-refractivity contribution >= 4 is 15.9 Å².